The summed E-state index contributed by atoms with van der Waals surface area (Å²) in [6, 6.07) is 7.87. The van der Waals surface area contributed by atoms with Gasteiger partial charge in [0.1, 0.15) is 5.82 Å². The van der Waals surface area contributed by atoms with Crippen LogP contribution in [0, 0.1) is 0 Å². The van der Waals surface area contributed by atoms with Gasteiger partial charge in [-0.3, -0.25) is 4.79 Å². The zero-order chi connectivity index (χ0) is 18.5. The molecule has 1 aliphatic rings. The normalized spacial score (nSPS) is 13.8. The van der Waals surface area contributed by atoms with Crippen molar-refractivity contribution in [3.8, 4) is 0 Å². The van der Waals surface area contributed by atoms with Gasteiger partial charge in [0.15, 0.2) is 0 Å². The third-order valence-corrected chi connectivity index (χ3v) is 5.18. The van der Waals surface area contributed by atoms with Crippen LogP contribution in [0.3, 0.4) is 0 Å². The molecule has 0 radical (unpaired) electrons. The first kappa shape index (κ1) is 18.4. The van der Waals surface area contributed by atoms with Gasteiger partial charge >= 0.3 is 0 Å². The van der Waals surface area contributed by atoms with Crippen LogP contribution in [0.15, 0.2) is 24.3 Å². The first-order valence-corrected chi connectivity index (χ1v) is 9.82. The Kier molecular flexibility index (Phi) is 5.92. The molecular weight excluding hydrogens is 348 g/mol. The predicted molar refractivity (Wildman–Crippen MR) is 105 cm³/mol. The van der Waals surface area contributed by atoms with E-state index >= 15 is 0 Å². The van der Waals surface area contributed by atoms with E-state index in [0.29, 0.717) is 17.5 Å². The Morgan fingerprint density at radius 1 is 1.12 bits per heavy atom. The summed E-state index contributed by atoms with van der Waals surface area (Å²) in [6.45, 7) is 1.75. The molecule has 0 atom stereocenters. The highest BCUT2D eigenvalue weighted by Crippen LogP contribution is 2.19. The Morgan fingerprint density at radius 3 is 2.46 bits per heavy atom. The van der Waals surface area contributed by atoms with Crippen molar-refractivity contribution in [2.45, 2.75) is 24.3 Å². The zero-order valence-corrected chi connectivity index (χ0v) is 16.0. The van der Waals surface area contributed by atoms with E-state index in [1.807, 2.05) is 48.2 Å². The van der Waals surface area contributed by atoms with E-state index in [9.17, 15) is 4.79 Å². The molecule has 0 bridgehead atoms. The van der Waals surface area contributed by atoms with Gasteiger partial charge in [-0.15, -0.1) is 11.8 Å². The molecule has 1 aliphatic heterocycles. The topological polar surface area (TPSA) is 88.2 Å². The molecule has 26 heavy (non-hydrogen) atoms. The molecule has 0 spiro atoms. The number of nitrogens with zero attached hydrogens (tertiary/aromatic N) is 5. The summed E-state index contributed by atoms with van der Waals surface area (Å²) in [5.74, 6) is 3.09. The number of rotatable bonds is 6. The predicted octanol–water partition coefficient (Wildman–Crippen LogP) is 2.19. The van der Waals surface area contributed by atoms with Crippen LogP contribution in [0.5, 0.6) is 0 Å². The minimum atomic E-state index is 0.138. The molecule has 1 saturated heterocycles. The van der Waals surface area contributed by atoms with Gasteiger partial charge in [0, 0.05) is 38.5 Å². The van der Waals surface area contributed by atoms with Crippen molar-refractivity contribution in [1.29, 1.82) is 0 Å². The van der Waals surface area contributed by atoms with Crippen molar-refractivity contribution in [3.63, 3.8) is 0 Å². The van der Waals surface area contributed by atoms with E-state index in [1.165, 1.54) is 5.56 Å². The molecule has 2 N–H and O–H groups in total. The lowest BCUT2D eigenvalue weighted by Gasteiger charge is -2.15. The van der Waals surface area contributed by atoms with Gasteiger partial charge in [0.05, 0.1) is 5.75 Å². The summed E-state index contributed by atoms with van der Waals surface area (Å²) in [5.41, 5.74) is 7.68. The monoisotopic (exact) mass is 372 g/mol. The maximum Gasteiger partial charge on any atom is 0.253 e. The molecule has 1 aromatic carbocycles. The highest BCUT2D eigenvalue weighted by Gasteiger charge is 2.19. The fourth-order valence-electron chi connectivity index (χ4n) is 2.80. The minimum absolute atomic E-state index is 0.138. The first-order valence-electron chi connectivity index (χ1n) is 8.66. The highest BCUT2D eigenvalue weighted by atomic mass is 32.2. The third-order valence-electron chi connectivity index (χ3n) is 4.18. The second kappa shape index (κ2) is 8.35. The molecule has 0 saturated carbocycles. The molecule has 3 rings (SSSR count). The Balaban J connectivity index is 1.54. The van der Waals surface area contributed by atoms with Crippen LogP contribution in [0.4, 0.5) is 11.9 Å². The van der Waals surface area contributed by atoms with E-state index < -0.39 is 0 Å². The van der Waals surface area contributed by atoms with Crippen LogP contribution in [0.2, 0.25) is 0 Å². The van der Waals surface area contributed by atoms with Crippen LogP contribution in [0.1, 0.15) is 34.6 Å². The van der Waals surface area contributed by atoms with E-state index in [4.69, 9.17) is 5.73 Å². The molecule has 1 fully saturated rings. The molecule has 7 nitrogen and oxygen atoms in total. The van der Waals surface area contributed by atoms with E-state index in [0.717, 1.165) is 37.2 Å². The lowest BCUT2D eigenvalue weighted by Crippen LogP contribution is -2.27. The van der Waals surface area contributed by atoms with Crippen molar-refractivity contribution in [1.82, 2.24) is 19.9 Å². The largest absolute Gasteiger partial charge is 0.368 e. The smallest absolute Gasteiger partial charge is 0.253 e. The van der Waals surface area contributed by atoms with Crippen LogP contribution in [0.25, 0.3) is 0 Å². The SMILES string of the molecule is CN(C)c1nc(N)nc(CSCc2ccc(C(=O)N3CCCC3)cc2)n1. The number of thioether (sulfide) groups is 1. The van der Waals surface area contributed by atoms with Crippen LogP contribution in [-0.4, -0.2) is 52.9 Å². The van der Waals surface area contributed by atoms with Crippen molar-refractivity contribution in [3.05, 3.63) is 41.2 Å². The molecule has 8 heteroatoms. The van der Waals surface area contributed by atoms with Gasteiger partial charge in [-0.25, -0.2) is 0 Å². The fourth-order valence-corrected chi connectivity index (χ4v) is 3.64. The summed E-state index contributed by atoms with van der Waals surface area (Å²) < 4.78 is 0. The summed E-state index contributed by atoms with van der Waals surface area (Å²) in [7, 11) is 3.74. The minimum Gasteiger partial charge on any atom is -0.368 e. The second-order valence-electron chi connectivity index (χ2n) is 6.49. The number of aromatic nitrogens is 3. The Bertz CT molecular complexity index is 759. The first-order chi connectivity index (χ1) is 12.5. The number of nitrogen functional groups attached to an aromatic ring is 1. The molecular formula is C18H24N6OS. The fraction of sp³-hybridized carbons (Fsp3) is 0.444. The average Bonchev–Trinajstić information content (AvgIpc) is 3.16. The molecule has 1 amide bonds. The van der Waals surface area contributed by atoms with Crippen molar-refractivity contribution >= 4 is 29.6 Å². The van der Waals surface area contributed by atoms with Crippen molar-refractivity contribution < 1.29 is 4.79 Å². The Labute approximate surface area is 158 Å². The van der Waals surface area contributed by atoms with Gasteiger partial charge in [-0.1, -0.05) is 12.1 Å². The number of anilines is 2. The van der Waals surface area contributed by atoms with E-state index in [2.05, 4.69) is 15.0 Å². The number of hydrogen-bond acceptors (Lipinski definition) is 7. The lowest BCUT2D eigenvalue weighted by molar-refractivity contribution is 0.0793. The summed E-state index contributed by atoms with van der Waals surface area (Å²) in [5, 5.41) is 0. The van der Waals surface area contributed by atoms with Crippen molar-refractivity contribution in [2.75, 3.05) is 37.8 Å². The highest BCUT2D eigenvalue weighted by molar-refractivity contribution is 7.97. The van der Waals surface area contributed by atoms with Gasteiger partial charge in [-0.2, -0.15) is 15.0 Å². The molecule has 0 unspecified atom stereocenters. The summed E-state index contributed by atoms with van der Waals surface area (Å²) in [4.78, 5) is 28.8. The number of hydrogen-bond donors (Lipinski definition) is 1. The van der Waals surface area contributed by atoms with Gasteiger partial charge in [-0.05, 0) is 30.5 Å². The van der Waals surface area contributed by atoms with Gasteiger partial charge in [0.25, 0.3) is 5.91 Å². The number of nitrogens with two attached hydrogens (primary N) is 1. The van der Waals surface area contributed by atoms with Crippen LogP contribution >= 0.6 is 11.8 Å². The summed E-state index contributed by atoms with van der Waals surface area (Å²) in [6.07, 6.45) is 2.22. The molecule has 2 heterocycles. The molecule has 0 aliphatic carbocycles. The molecule has 2 aromatic rings. The zero-order valence-electron chi connectivity index (χ0n) is 15.2. The van der Waals surface area contributed by atoms with E-state index in [-0.39, 0.29) is 11.9 Å². The number of amides is 1. The number of benzene rings is 1. The van der Waals surface area contributed by atoms with Crippen molar-refractivity contribution in [2.24, 2.45) is 0 Å². The maximum absolute atomic E-state index is 12.4. The maximum atomic E-state index is 12.4. The average molecular weight is 372 g/mol. The Morgan fingerprint density at radius 2 is 1.81 bits per heavy atom. The lowest BCUT2D eigenvalue weighted by atomic mass is 10.1. The third kappa shape index (κ3) is 4.63. The standard InChI is InChI=1S/C18H24N6OS/c1-23(2)18-21-15(20-17(19)22-18)12-26-11-13-5-7-14(8-6-13)16(25)24-9-3-4-10-24/h5-8H,3-4,9-12H2,1-2H3,(H2,19,20,21,22). The summed E-state index contributed by atoms with van der Waals surface area (Å²) >= 11 is 1.71. The quantitative estimate of drug-likeness (QED) is 0.831. The second-order valence-corrected chi connectivity index (χ2v) is 7.48. The molecule has 1 aromatic heterocycles. The molecule has 138 valence electrons. The number of likely N-dealkylation sites (tertiary alicyclic amines) is 1. The van der Waals surface area contributed by atoms with Gasteiger partial charge in [0.2, 0.25) is 11.9 Å². The van der Waals surface area contributed by atoms with Crippen LogP contribution in [-0.2, 0) is 11.5 Å². The van der Waals surface area contributed by atoms with Crippen LogP contribution < -0.4 is 10.6 Å². The van der Waals surface area contributed by atoms with E-state index in [1.54, 1.807) is 11.8 Å². The number of carbonyl (C=O) groups excluding carboxylic acids is 1. The van der Waals surface area contributed by atoms with Gasteiger partial charge < -0.3 is 15.5 Å². The Hall–Kier alpha value is -2.35. The number of carbonyl (C=O) groups is 1.